The molecule has 0 unspecified atom stereocenters. The SMILES string of the molecule is c1ccc(-c2c(-c3ncc[nH]3)nnn2-c2ccco2)nc1. The van der Waals surface area contributed by atoms with Crippen molar-refractivity contribution in [1.29, 1.82) is 0 Å². The normalized spacial score (nSPS) is 10.9. The van der Waals surface area contributed by atoms with Gasteiger partial charge in [0.1, 0.15) is 5.69 Å². The summed E-state index contributed by atoms with van der Waals surface area (Å²) >= 11 is 0. The summed E-state index contributed by atoms with van der Waals surface area (Å²) in [5.74, 6) is 1.20. The van der Waals surface area contributed by atoms with Gasteiger partial charge in [0, 0.05) is 24.7 Å². The molecule has 0 aliphatic heterocycles. The second-order valence-corrected chi connectivity index (χ2v) is 4.30. The lowest BCUT2D eigenvalue weighted by molar-refractivity contribution is 0.518. The molecule has 0 aliphatic carbocycles. The Morgan fingerprint density at radius 1 is 1.05 bits per heavy atom. The van der Waals surface area contributed by atoms with Crippen molar-refractivity contribution < 1.29 is 4.42 Å². The molecule has 0 saturated carbocycles. The first-order valence-electron chi connectivity index (χ1n) is 6.34. The Bertz CT molecular complexity index is 781. The second kappa shape index (κ2) is 4.71. The standard InChI is InChI=1S/C14H10N6O/c1-2-6-15-10(4-1)13-12(14-16-7-8-17-14)18-19-20(13)11-5-3-9-21-11/h1-9H,(H,16,17). The fourth-order valence-corrected chi connectivity index (χ4v) is 2.11. The van der Waals surface area contributed by atoms with Crippen LogP contribution >= 0.6 is 0 Å². The van der Waals surface area contributed by atoms with E-state index in [-0.39, 0.29) is 0 Å². The van der Waals surface area contributed by atoms with Gasteiger partial charge in [0.25, 0.3) is 0 Å². The molecule has 0 fully saturated rings. The van der Waals surface area contributed by atoms with Gasteiger partial charge in [-0.05, 0) is 18.2 Å². The van der Waals surface area contributed by atoms with Crippen molar-refractivity contribution in [2.24, 2.45) is 0 Å². The number of furan rings is 1. The molecule has 0 spiro atoms. The van der Waals surface area contributed by atoms with Gasteiger partial charge in [0.05, 0.1) is 12.0 Å². The number of nitrogens with one attached hydrogen (secondary N) is 1. The highest BCUT2D eigenvalue weighted by atomic mass is 16.3. The lowest BCUT2D eigenvalue weighted by Crippen LogP contribution is -1.99. The summed E-state index contributed by atoms with van der Waals surface area (Å²) in [4.78, 5) is 11.7. The van der Waals surface area contributed by atoms with Gasteiger partial charge in [-0.3, -0.25) is 4.98 Å². The Hall–Kier alpha value is -3.22. The molecule has 0 saturated heterocycles. The first kappa shape index (κ1) is 11.6. The van der Waals surface area contributed by atoms with E-state index in [0.29, 0.717) is 17.4 Å². The van der Waals surface area contributed by atoms with E-state index >= 15 is 0 Å². The monoisotopic (exact) mass is 278 g/mol. The van der Waals surface area contributed by atoms with Crippen LogP contribution < -0.4 is 0 Å². The first-order valence-corrected chi connectivity index (χ1v) is 6.34. The van der Waals surface area contributed by atoms with Crippen LogP contribution in [-0.2, 0) is 0 Å². The molecule has 0 amide bonds. The van der Waals surface area contributed by atoms with E-state index in [9.17, 15) is 0 Å². The minimum atomic E-state index is 0.570. The summed E-state index contributed by atoms with van der Waals surface area (Å²) in [5.41, 5.74) is 2.08. The molecule has 4 aromatic heterocycles. The van der Waals surface area contributed by atoms with E-state index in [1.807, 2.05) is 24.3 Å². The zero-order valence-electron chi connectivity index (χ0n) is 10.8. The first-order chi connectivity index (χ1) is 10.4. The van der Waals surface area contributed by atoms with Gasteiger partial charge in [0.2, 0.25) is 5.88 Å². The Kier molecular flexibility index (Phi) is 2.60. The van der Waals surface area contributed by atoms with Crippen LogP contribution in [0.1, 0.15) is 0 Å². The van der Waals surface area contributed by atoms with Crippen LogP contribution in [0.5, 0.6) is 0 Å². The molecule has 0 aromatic carbocycles. The minimum absolute atomic E-state index is 0.570. The van der Waals surface area contributed by atoms with E-state index in [2.05, 4.69) is 25.3 Å². The number of hydrogen-bond donors (Lipinski definition) is 1. The molecule has 1 N–H and O–H groups in total. The van der Waals surface area contributed by atoms with Crippen LogP contribution in [0.4, 0.5) is 0 Å². The number of nitrogens with zero attached hydrogens (tertiary/aromatic N) is 5. The Balaban J connectivity index is 1.98. The van der Waals surface area contributed by atoms with Crippen LogP contribution in [0, 0.1) is 0 Å². The van der Waals surface area contributed by atoms with Crippen LogP contribution in [0.25, 0.3) is 28.8 Å². The molecular formula is C14H10N6O. The third-order valence-corrected chi connectivity index (χ3v) is 3.02. The summed E-state index contributed by atoms with van der Waals surface area (Å²) in [5, 5.41) is 8.37. The molecule has 4 heterocycles. The molecule has 21 heavy (non-hydrogen) atoms. The topological polar surface area (TPSA) is 85.4 Å². The zero-order chi connectivity index (χ0) is 14.1. The van der Waals surface area contributed by atoms with Crippen LogP contribution in [0.3, 0.4) is 0 Å². The van der Waals surface area contributed by atoms with Gasteiger partial charge in [-0.25, -0.2) is 4.98 Å². The average molecular weight is 278 g/mol. The van der Waals surface area contributed by atoms with E-state index in [1.165, 1.54) is 0 Å². The van der Waals surface area contributed by atoms with Gasteiger partial charge in [-0.15, -0.1) is 5.10 Å². The average Bonchev–Trinajstić information content (AvgIpc) is 3.27. The summed E-state index contributed by atoms with van der Waals surface area (Å²) in [6, 6.07) is 9.27. The molecule has 7 heteroatoms. The lowest BCUT2D eigenvalue weighted by Gasteiger charge is -2.03. The number of H-pyrrole nitrogens is 1. The van der Waals surface area contributed by atoms with Gasteiger partial charge in [-0.2, -0.15) is 4.68 Å². The molecule has 0 aliphatic rings. The fourth-order valence-electron chi connectivity index (χ4n) is 2.11. The second-order valence-electron chi connectivity index (χ2n) is 4.30. The summed E-state index contributed by atoms with van der Waals surface area (Å²) < 4.78 is 7.03. The zero-order valence-corrected chi connectivity index (χ0v) is 10.8. The van der Waals surface area contributed by atoms with Gasteiger partial charge < -0.3 is 9.40 Å². The number of aromatic amines is 1. The molecule has 102 valence electrons. The highest BCUT2D eigenvalue weighted by Crippen LogP contribution is 2.28. The van der Waals surface area contributed by atoms with Crippen molar-refractivity contribution in [3.05, 3.63) is 55.2 Å². The van der Waals surface area contributed by atoms with Gasteiger partial charge >= 0.3 is 0 Å². The number of hydrogen-bond acceptors (Lipinski definition) is 5. The van der Waals surface area contributed by atoms with Crippen molar-refractivity contribution in [2.75, 3.05) is 0 Å². The van der Waals surface area contributed by atoms with E-state index in [1.54, 1.807) is 35.6 Å². The highest BCUT2D eigenvalue weighted by molar-refractivity contribution is 5.73. The maximum atomic E-state index is 5.41. The highest BCUT2D eigenvalue weighted by Gasteiger charge is 2.21. The van der Waals surface area contributed by atoms with E-state index in [4.69, 9.17) is 4.42 Å². The predicted molar refractivity (Wildman–Crippen MR) is 74.4 cm³/mol. The minimum Gasteiger partial charge on any atom is -0.447 e. The van der Waals surface area contributed by atoms with Crippen LogP contribution in [0.15, 0.2) is 59.6 Å². The Morgan fingerprint density at radius 3 is 2.76 bits per heavy atom. The van der Waals surface area contributed by atoms with Crippen molar-refractivity contribution in [3.8, 4) is 28.8 Å². The quantitative estimate of drug-likeness (QED) is 0.621. The van der Waals surface area contributed by atoms with Crippen molar-refractivity contribution in [3.63, 3.8) is 0 Å². The molecule has 0 radical (unpaired) electrons. The largest absolute Gasteiger partial charge is 0.447 e. The maximum absolute atomic E-state index is 5.41. The van der Waals surface area contributed by atoms with Crippen LogP contribution in [-0.4, -0.2) is 29.9 Å². The van der Waals surface area contributed by atoms with Crippen LogP contribution in [0.2, 0.25) is 0 Å². The predicted octanol–water partition coefficient (Wildman–Crippen LogP) is 2.31. The van der Waals surface area contributed by atoms with Gasteiger partial charge in [-0.1, -0.05) is 11.3 Å². The number of imidazole rings is 1. The van der Waals surface area contributed by atoms with Crippen molar-refractivity contribution in [2.45, 2.75) is 0 Å². The summed E-state index contributed by atoms with van der Waals surface area (Å²) in [7, 11) is 0. The van der Waals surface area contributed by atoms with E-state index < -0.39 is 0 Å². The van der Waals surface area contributed by atoms with E-state index in [0.717, 1.165) is 11.4 Å². The number of pyridine rings is 1. The van der Waals surface area contributed by atoms with Crippen molar-refractivity contribution in [1.82, 2.24) is 29.9 Å². The lowest BCUT2D eigenvalue weighted by atomic mass is 10.2. The molecule has 0 atom stereocenters. The Labute approximate surface area is 119 Å². The summed E-state index contributed by atoms with van der Waals surface area (Å²) in [6.45, 7) is 0. The molecule has 0 bridgehead atoms. The number of rotatable bonds is 3. The molecule has 7 nitrogen and oxygen atoms in total. The third kappa shape index (κ3) is 1.91. The Morgan fingerprint density at radius 2 is 2.05 bits per heavy atom. The number of aromatic nitrogens is 6. The molecular weight excluding hydrogens is 268 g/mol. The smallest absolute Gasteiger partial charge is 0.221 e. The molecule has 4 aromatic rings. The van der Waals surface area contributed by atoms with Gasteiger partial charge in [0.15, 0.2) is 11.5 Å². The molecule has 4 rings (SSSR count). The summed E-state index contributed by atoms with van der Waals surface area (Å²) in [6.07, 6.45) is 6.72. The fraction of sp³-hybridized carbons (Fsp3) is 0. The maximum Gasteiger partial charge on any atom is 0.221 e. The van der Waals surface area contributed by atoms with Crippen molar-refractivity contribution >= 4 is 0 Å². The third-order valence-electron chi connectivity index (χ3n) is 3.02.